The minimum absolute atomic E-state index is 0.0239. The van der Waals surface area contributed by atoms with Gasteiger partial charge in [-0.1, -0.05) is 103 Å². The van der Waals surface area contributed by atoms with Gasteiger partial charge in [0.2, 0.25) is 0 Å². The molecule has 2 nitrogen and oxygen atoms in total. The largest absolute Gasteiger partial charge is 0.376 e. The van der Waals surface area contributed by atoms with Crippen LogP contribution in [-0.2, 0) is 22.7 Å². The van der Waals surface area contributed by atoms with E-state index in [2.05, 4.69) is 145 Å². The molecule has 1 fully saturated rings. The predicted octanol–water partition coefficient (Wildman–Crippen LogP) is 13.3. The highest BCUT2D eigenvalue weighted by Gasteiger charge is 2.62. The molecule has 11 rings (SSSR count). The highest BCUT2D eigenvalue weighted by molar-refractivity contribution is 7.25. The van der Waals surface area contributed by atoms with Gasteiger partial charge < -0.3 is 9.71 Å². The Morgan fingerprint density at radius 3 is 2.21 bits per heavy atom. The summed E-state index contributed by atoms with van der Waals surface area (Å²) in [5, 5.41) is 2.76. The molecule has 56 heavy (non-hydrogen) atoms. The molecule has 1 aromatic heterocycles. The van der Waals surface area contributed by atoms with Crippen molar-refractivity contribution in [2.45, 2.75) is 142 Å². The number of hydrogen-bond acceptors (Lipinski definition) is 3. The normalized spacial score (nSPS) is 23.6. The second kappa shape index (κ2) is 11.6. The second-order valence-corrected chi connectivity index (χ2v) is 21.4. The number of aryl methyl sites for hydroxylation is 3. The van der Waals surface area contributed by atoms with E-state index in [9.17, 15) is 0 Å². The Morgan fingerprint density at radius 2 is 1.43 bits per heavy atom. The van der Waals surface area contributed by atoms with Crippen LogP contribution in [-0.4, -0.2) is 12.4 Å². The molecule has 5 aliphatic rings. The SMILES string of the molecule is CCCCc1cc2c3c(c1)C1(C)CCCCC1(C)N3c1cc(C)cc3c1B2N(c1cc2c(cc1C)C(C)(C)CCC2(C)C)c1cc2c(cc1-3)sc1ccccc12. The van der Waals surface area contributed by atoms with Crippen molar-refractivity contribution < 1.29 is 0 Å². The standard InChI is InChI=1S/C52H57BN2S/c1-10-11-16-33-26-40-48-41(27-33)53-47-37(23-31(2)24-44(47)54(48)52(9)20-15-14-19-51(40,52)8)35-29-46-36(34-17-12-13-18-45(34)56-46)28-43(35)55(53)42-30-39-38(25-32(42)3)49(4,5)21-22-50(39,6)7/h12-13,17-18,23-30H,10-11,14-16,19-22H2,1-9H3. The van der Waals surface area contributed by atoms with Gasteiger partial charge in [-0.3, -0.25) is 0 Å². The Kier molecular flexibility index (Phi) is 7.26. The summed E-state index contributed by atoms with van der Waals surface area (Å²) in [6.45, 7) is 22.4. The van der Waals surface area contributed by atoms with E-state index in [4.69, 9.17) is 0 Å². The first-order valence-corrected chi connectivity index (χ1v) is 22.6. The van der Waals surface area contributed by atoms with Gasteiger partial charge in [0.05, 0.1) is 5.54 Å². The van der Waals surface area contributed by atoms with Crippen LogP contribution in [0.15, 0.2) is 72.8 Å². The highest BCUT2D eigenvalue weighted by Crippen LogP contribution is 2.63. The smallest absolute Gasteiger partial charge is 0.333 e. The van der Waals surface area contributed by atoms with Crippen molar-refractivity contribution >= 4 is 72.0 Å². The van der Waals surface area contributed by atoms with E-state index in [1.165, 1.54) is 133 Å². The lowest BCUT2D eigenvalue weighted by atomic mass is 9.43. The minimum Gasteiger partial charge on any atom is -0.376 e. The Bertz CT molecular complexity index is 2680. The van der Waals surface area contributed by atoms with Crippen LogP contribution in [0.25, 0.3) is 31.3 Å². The number of rotatable bonds is 4. The van der Waals surface area contributed by atoms with E-state index in [1.54, 1.807) is 16.7 Å². The number of fused-ring (bicyclic) bond motifs is 11. The van der Waals surface area contributed by atoms with Gasteiger partial charge in [-0.05, 0) is 150 Å². The minimum atomic E-state index is 0.0239. The molecule has 4 heterocycles. The molecule has 2 unspecified atom stereocenters. The van der Waals surface area contributed by atoms with Crippen LogP contribution < -0.4 is 20.6 Å². The lowest BCUT2D eigenvalue weighted by Gasteiger charge is -2.53. The summed E-state index contributed by atoms with van der Waals surface area (Å²) in [6.07, 6.45) is 11.1. The van der Waals surface area contributed by atoms with Crippen molar-refractivity contribution in [2.75, 3.05) is 9.71 Å². The molecule has 0 bridgehead atoms. The maximum atomic E-state index is 2.91. The quantitative estimate of drug-likeness (QED) is 0.166. The molecule has 5 aromatic carbocycles. The van der Waals surface area contributed by atoms with E-state index in [1.807, 2.05) is 11.3 Å². The number of thiophene rings is 1. The number of benzene rings is 5. The van der Waals surface area contributed by atoms with Crippen molar-refractivity contribution in [3.63, 3.8) is 0 Å². The topological polar surface area (TPSA) is 6.48 Å². The summed E-state index contributed by atoms with van der Waals surface area (Å²) in [6, 6.07) is 30.0. The number of nitrogens with zero attached hydrogens (tertiary/aromatic N) is 2. The zero-order valence-corrected chi connectivity index (χ0v) is 36.0. The van der Waals surface area contributed by atoms with Gasteiger partial charge in [0.15, 0.2) is 0 Å². The zero-order chi connectivity index (χ0) is 38.7. The van der Waals surface area contributed by atoms with E-state index in [0.717, 1.165) is 6.42 Å². The van der Waals surface area contributed by atoms with Gasteiger partial charge >= 0.3 is 6.85 Å². The molecule has 0 amide bonds. The van der Waals surface area contributed by atoms with Gasteiger partial charge in [0.25, 0.3) is 0 Å². The molecular formula is C52H57BN2S. The first-order chi connectivity index (χ1) is 26.8. The molecule has 0 spiro atoms. The first kappa shape index (κ1) is 35.2. The Balaban J connectivity index is 1.29. The van der Waals surface area contributed by atoms with Crippen LogP contribution in [0.1, 0.15) is 133 Å². The highest BCUT2D eigenvalue weighted by atomic mass is 32.1. The zero-order valence-electron chi connectivity index (χ0n) is 35.2. The van der Waals surface area contributed by atoms with Crippen molar-refractivity contribution in [3.8, 4) is 11.1 Å². The van der Waals surface area contributed by atoms with Crippen LogP contribution in [0.5, 0.6) is 0 Å². The van der Waals surface area contributed by atoms with E-state index in [0.29, 0.717) is 0 Å². The van der Waals surface area contributed by atoms with Crippen LogP contribution in [0.3, 0.4) is 0 Å². The molecule has 2 atom stereocenters. The van der Waals surface area contributed by atoms with E-state index in [-0.39, 0.29) is 28.6 Å². The molecule has 0 saturated heterocycles. The molecular weight excluding hydrogens is 695 g/mol. The van der Waals surface area contributed by atoms with E-state index < -0.39 is 0 Å². The summed E-state index contributed by atoms with van der Waals surface area (Å²) in [7, 11) is 0. The average molecular weight is 753 g/mol. The fourth-order valence-electron chi connectivity index (χ4n) is 12.5. The fourth-order valence-corrected chi connectivity index (χ4v) is 13.6. The van der Waals surface area contributed by atoms with Crippen LogP contribution >= 0.6 is 11.3 Å². The van der Waals surface area contributed by atoms with Crippen LogP contribution in [0, 0.1) is 13.8 Å². The number of hydrogen-bond donors (Lipinski definition) is 0. The van der Waals surface area contributed by atoms with Gasteiger partial charge in [-0.15, -0.1) is 11.3 Å². The third kappa shape index (κ3) is 4.46. The van der Waals surface area contributed by atoms with Gasteiger partial charge in [-0.25, -0.2) is 0 Å². The molecule has 284 valence electrons. The maximum Gasteiger partial charge on any atom is 0.333 e. The van der Waals surface area contributed by atoms with Crippen molar-refractivity contribution in [2.24, 2.45) is 0 Å². The molecule has 6 aromatic rings. The summed E-state index contributed by atoms with van der Waals surface area (Å²) >= 11 is 1.95. The molecule has 2 aliphatic carbocycles. The lowest BCUT2D eigenvalue weighted by molar-refractivity contribution is 0.195. The Labute approximate surface area is 339 Å². The Hall–Kier alpha value is -4.02. The molecule has 3 aliphatic heterocycles. The van der Waals surface area contributed by atoms with Gasteiger partial charge in [0.1, 0.15) is 0 Å². The summed E-state index contributed by atoms with van der Waals surface area (Å²) in [4.78, 5) is 5.77. The maximum absolute atomic E-state index is 2.91. The van der Waals surface area contributed by atoms with Crippen molar-refractivity contribution in [1.29, 1.82) is 0 Å². The van der Waals surface area contributed by atoms with E-state index >= 15 is 0 Å². The molecule has 1 saturated carbocycles. The van der Waals surface area contributed by atoms with Crippen molar-refractivity contribution in [3.05, 3.63) is 106 Å². The predicted molar refractivity (Wildman–Crippen MR) is 245 cm³/mol. The third-order valence-corrected chi connectivity index (χ3v) is 17.1. The fraction of sp³-hybridized carbons (Fsp3) is 0.423. The summed E-state index contributed by atoms with van der Waals surface area (Å²) < 4.78 is 2.76. The van der Waals surface area contributed by atoms with Gasteiger partial charge in [0, 0.05) is 53.9 Å². The first-order valence-electron chi connectivity index (χ1n) is 21.8. The van der Waals surface area contributed by atoms with Crippen LogP contribution in [0.2, 0.25) is 0 Å². The number of unbranched alkanes of at least 4 members (excludes halogenated alkanes) is 1. The average Bonchev–Trinajstić information content (AvgIpc) is 3.63. The Morgan fingerprint density at radius 1 is 0.679 bits per heavy atom. The summed E-state index contributed by atoms with van der Waals surface area (Å²) in [5.41, 5.74) is 21.0. The third-order valence-electron chi connectivity index (χ3n) is 16.0. The van der Waals surface area contributed by atoms with Gasteiger partial charge in [-0.2, -0.15) is 0 Å². The van der Waals surface area contributed by atoms with Crippen LogP contribution in [0.4, 0.5) is 22.7 Å². The summed E-state index contributed by atoms with van der Waals surface area (Å²) in [5.74, 6) is 0. The molecule has 0 radical (unpaired) electrons. The second-order valence-electron chi connectivity index (χ2n) is 20.3. The number of anilines is 4. The monoisotopic (exact) mass is 752 g/mol. The molecule has 4 heteroatoms. The molecule has 0 N–H and O–H groups in total. The van der Waals surface area contributed by atoms with Crippen molar-refractivity contribution in [1.82, 2.24) is 0 Å². The lowest BCUT2D eigenvalue weighted by Crippen LogP contribution is -2.64.